The van der Waals surface area contributed by atoms with Crippen molar-refractivity contribution in [1.29, 1.82) is 0 Å². The molecule has 0 bridgehead atoms. The predicted octanol–water partition coefficient (Wildman–Crippen LogP) is 4.17. The summed E-state index contributed by atoms with van der Waals surface area (Å²) in [6, 6.07) is 4.95. The van der Waals surface area contributed by atoms with Crippen LogP contribution in [0.4, 0.5) is 4.39 Å². The Bertz CT molecular complexity index is 314. The highest BCUT2D eigenvalue weighted by atomic mass is 79.9. The van der Waals surface area contributed by atoms with Crippen LogP contribution < -0.4 is 5.73 Å². The fraction of sp³-hybridized carbons (Fsp3) is 0.500. The topological polar surface area (TPSA) is 26.0 Å². The molecule has 0 spiro atoms. The SMILES string of the molecule is CCCCC[C@@H](N)c1cccc(F)c1Br. The van der Waals surface area contributed by atoms with Crippen LogP contribution in [0.5, 0.6) is 0 Å². The highest BCUT2D eigenvalue weighted by Gasteiger charge is 2.11. The van der Waals surface area contributed by atoms with Gasteiger partial charge in [0.15, 0.2) is 0 Å². The lowest BCUT2D eigenvalue weighted by Gasteiger charge is -2.13. The Morgan fingerprint density at radius 2 is 2.13 bits per heavy atom. The molecule has 0 aliphatic rings. The molecular formula is C12H17BrFN. The van der Waals surface area contributed by atoms with Crippen LogP contribution >= 0.6 is 15.9 Å². The molecule has 0 unspecified atom stereocenters. The zero-order valence-electron chi connectivity index (χ0n) is 8.97. The van der Waals surface area contributed by atoms with Crippen molar-refractivity contribution in [3.63, 3.8) is 0 Å². The predicted molar refractivity (Wildman–Crippen MR) is 65.2 cm³/mol. The normalized spacial score (nSPS) is 12.8. The average molecular weight is 274 g/mol. The molecule has 0 amide bonds. The fourth-order valence-electron chi connectivity index (χ4n) is 1.58. The molecule has 3 heteroatoms. The van der Waals surface area contributed by atoms with Crippen molar-refractivity contribution in [1.82, 2.24) is 0 Å². The van der Waals surface area contributed by atoms with E-state index in [9.17, 15) is 4.39 Å². The molecule has 1 atom stereocenters. The van der Waals surface area contributed by atoms with Gasteiger partial charge in [0.25, 0.3) is 0 Å². The zero-order chi connectivity index (χ0) is 11.3. The van der Waals surface area contributed by atoms with E-state index in [2.05, 4.69) is 22.9 Å². The number of hydrogen-bond donors (Lipinski definition) is 1. The second kappa shape index (κ2) is 6.23. The first kappa shape index (κ1) is 12.7. The minimum Gasteiger partial charge on any atom is -0.324 e. The van der Waals surface area contributed by atoms with Gasteiger partial charge in [-0.1, -0.05) is 38.3 Å². The maximum absolute atomic E-state index is 13.2. The Balaban J connectivity index is 2.65. The van der Waals surface area contributed by atoms with Crippen molar-refractivity contribution in [2.45, 2.75) is 38.6 Å². The Morgan fingerprint density at radius 1 is 1.40 bits per heavy atom. The quantitative estimate of drug-likeness (QED) is 0.801. The van der Waals surface area contributed by atoms with Gasteiger partial charge in [-0.15, -0.1) is 0 Å². The molecule has 1 rings (SSSR count). The number of hydrogen-bond acceptors (Lipinski definition) is 1. The Kier molecular flexibility index (Phi) is 5.26. The number of nitrogens with two attached hydrogens (primary N) is 1. The van der Waals surface area contributed by atoms with Crippen LogP contribution in [0.15, 0.2) is 22.7 Å². The summed E-state index contributed by atoms with van der Waals surface area (Å²) in [7, 11) is 0. The largest absolute Gasteiger partial charge is 0.324 e. The van der Waals surface area contributed by atoms with Gasteiger partial charge in [0.1, 0.15) is 5.82 Å². The van der Waals surface area contributed by atoms with Crippen molar-refractivity contribution in [3.8, 4) is 0 Å². The summed E-state index contributed by atoms with van der Waals surface area (Å²) in [5.74, 6) is -0.238. The van der Waals surface area contributed by atoms with Gasteiger partial charge in [0.05, 0.1) is 4.47 Å². The van der Waals surface area contributed by atoms with Crippen molar-refractivity contribution in [3.05, 3.63) is 34.1 Å². The first-order chi connectivity index (χ1) is 7.16. The molecule has 0 saturated carbocycles. The monoisotopic (exact) mass is 273 g/mol. The summed E-state index contributed by atoms with van der Waals surface area (Å²) >= 11 is 3.23. The summed E-state index contributed by atoms with van der Waals surface area (Å²) in [5.41, 5.74) is 6.88. The molecule has 1 aromatic rings. The van der Waals surface area contributed by atoms with E-state index in [4.69, 9.17) is 5.73 Å². The second-order valence-electron chi connectivity index (χ2n) is 3.75. The van der Waals surface area contributed by atoms with E-state index in [1.54, 1.807) is 6.07 Å². The van der Waals surface area contributed by atoms with Gasteiger partial charge in [-0.25, -0.2) is 4.39 Å². The third-order valence-corrected chi connectivity index (χ3v) is 3.34. The third kappa shape index (κ3) is 3.58. The molecule has 2 N–H and O–H groups in total. The van der Waals surface area contributed by atoms with Gasteiger partial charge in [0.2, 0.25) is 0 Å². The lowest BCUT2D eigenvalue weighted by Crippen LogP contribution is -2.11. The van der Waals surface area contributed by atoms with Crippen LogP contribution in [0.3, 0.4) is 0 Å². The lowest BCUT2D eigenvalue weighted by molar-refractivity contribution is 0.568. The van der Waals surface area contributed by atoms with Crippen molar-refractivity contribution >= 4 is 15.9 Å². The molecule has 0 aliphatic heterocycles. The van der Waals surface area contributed by atoms with E-state index in [1.165, 1.54) is 18.9 Å². The minimum absolute atomic E-state index is 0.0679. The van der Waals surface area contributed by atoms with Gasteiger partial charge >= 0.3 is 0 Å². The number of halogens is 2. The Morgan fingerprint density at radius 3 is 2.80 bits per heavy atom. The molecule has 0 fully saturated rings. The summed E-state index contributed by atoms with van der Waals surface area (Å²) in [4.78, 5) is 0. The van der Waals surface area contributed by atoms with Crippen LogP contribution in [-0.2, 0) is 0 Å². The van der Waals surface area contributed by atoms with E-state index in [1.807, 2.05) is 6.07 Å². The number of rotatable bonds is 5. The van der Waals surface area contributed by atoms with E-state index in [-0.39, 0.29) is 11.9 Å². The van der Waals surface area contributed by atoms with Gasteiger partial charge in [0, 0.05) is 6.04 Å². The molecule has 0 saturated heterocycles. The van der Waals surface area contributed by atoms with Gasteiger partial charge < -0.3 is 5.73 Å². The first-order valence-corrected chi connectivity index (χ1v) is 6.15. The third-order valence-electron chi connectivity index (χ3n) is 2.50. The molecule has 84 valence electrons. The Labute approximate surface area is 99.0 Å². The van der Waals surface area contributed by atoms with E-state index in [0.29, 0.717) is 4.47 Å². The van der Waals surface area contributed by atoms with Crippen LogP contribution in [0.2, 0.25) is 0 Å². The van der Waals surface area contributed by atoms with Crippen LogP contribution in [0.1, 0.15) is 44.2 Å². The molecule has 15 heavy (non-hydrogen) atoms. The lowest BCUT2D eigenvalue weighted by atomic mass is 10.0. The summed E-state index contributed by atoms with van der Waals surface area (Å²) in [5, 5.41) is 0. The molecule has 0 radical (unpaired) electrons. The van der Waals surface area contributed by atoms with Crippen molar-refractivity contribution in [2.24, 2.45) is 5.73 Å². The van der Waals surface area contributed by atoms with E-state index < -0.39 is 0 Å². The van der Waals surface area contributed by atoms with Crippen LogP contribution in [0, 0.1) is 5.82 Å². The molecular weight excluding hydrogens is 257 g/mol. The summed E-state index contributed by atoms with van der Waals surface area (Å²) < 4.78 is 13.7. The average Bonchev–Trinajstić information content (AvgIpc) is 2.22. The molecule has 0 aromatic heterocycles. The fourth-order valence-corrected chi connectivity index (χ4v) is 2.13. The molecule has 1 aromatic carbocycles. The van der Waals surface area contributed by atoms with E-state index >= 15 is 0 Å². The van der Waals surface area contributed by atoms with Gasteiger partial charge in [-0.3, -0.25) is 0 Å². The Hall–Kier alpha value is -0.410. The van der Waals surface area contributed by atoms with Crippen LogP contribution in [0.25, 0.3) is 0 Å². The summed E-state index contributed by atoms with van der Waals surface area (Å²) in [6.45, 7) is 2.16. The highest BCUT2D eigenvalue weighted by Crippen LogP contribution is 2.27. The maximum atomic E-state index is 13.2. The number of benzene rings is 1. The zero-order valence-corrected chi connectivity index (χ0v) is 10.6. The van der Waals surface area contributed by atoms with Crippen molar-refractivity contribution < 1.29 is 4.39 Å². The number of unbranched alkanes of at least 4 members (excludes halogenated alkanes) is 2. The van der Waals surface area contributed by atoms with Gasteiger partial charge in [-0.05, 0) is 34.0 Å². The highest BCUT2D eigenvalue weighted by molar-refractivity contribution is 9.10. The second-order valence-corrected chi connectivity index (χ2v) is 4.54. The van der Waals surface area contributed by atoms with E-state index in [0.717, 1.165) is 18.4 Å². The van der Waals surface area contributed by atoms with Crippen molar-refractivity contribution in [2.75, 3.05) is 0 Å². The molecule has 1 nitrogen and oxygen atoms in total. The maximum Gasteiger partial charge on any atom is 0.137 e. The van der Waals surface area contributed by atoms with Crippen LogP contribution in [-0.4, -0.2) is 0 Å². The standard InChI is InChI=1S/C12H17BrFN/c1-2-3-4-8-11(15)9-6-5-7-10(14)12(9)13/h5-7,11H,2-4,8,15H2,1H3/t11-/m1/s1. The smallest absolute Gasteiger partial charge is 0.137 e. The molecule has 0 heterocycles. The molecule has 0 aliphatic carbocycles. The minimum atomic E-state index is -0.238. The summed E-state index contributed by atoms with van der Waals surface area (Å²) in [6.07, 6.45) is 4.37. The van der Waals surface area contributed by atoms with Gasteiger partial charge in [-0.2, -0.15) is 0 Å². The first-order valence-electron chi connectivity index (χ1n) is 5.36.